The molecule has 1 aromatic heterocycles. The molecule has 0 radical (unpaired) electrons. The Kier molecular flexibility index (Phi) is 5.86. The first-order valence-electron chi connectivity index (χ1n) is 6.56. The lowest BCUT2D eigenvalue weighted by molar-refractivity contribution is 0.415. The van der Waals surface area contributed by atoms with Crippen LogP contribution in [0.25, 0.3) is 11.0 Å². The lowest BCUT2D eigenvalue weighted by Crippen LogP contribution is -1.84. The van der Waals surface area contributed by atoms with Gasteiger partial charge >= 0.3 is 0 Å². The molecule has 1 N–H and O–H groups in total. The number of benzene rings is 1. The summed E-state index contributed by atoms with van der Waals surface area (Å²) in [5.41, 5.74) is 2.02. The van der Waals surface area contributed by atoms with Crippen molar-refractivity contribution in [2.45, 2.75) is 30.8 Å². The molecule has 1 heterocycles. The van der Waals surface area contributed by atoms with Gasteiger partial charge in [-0.25, -0.2) is 4.98 Å². The number of nitrogens with one attached hydrogen (secondary N) is 1. The number of thioether (sulfide) groups is 1. The first kappa shape index (κ1) is 14.5. The fourth-order valence-corrected chi connectivity index (χ4v) is 2.96. The molecule has 0 saturated heterocycles. The summed E-state index contributed by atoms with van der Waals surface area (Å²) in [4.78, 5) is 7.88. The lowest BCUT2D eigenvalue weighted by atomic mass is 10.2. The number of aromatic amines is 1. The van der Waals surface area contributed by atoms with E-state index < -0.39 is 0 Å². The van der Waals surface area contributed by atoms with Gasteiger partial charge in [0.1, 0.15) is 5.75 Å². The predicted molar refractivity (Wildman–Crippen MR) is 82.6 cm³/mol. The van der Waals surface area contributed by atoms with Crippen molar-refractivity contribution >= 4 is 34.4 Å². The van der Waals surface area contributed by atoms with Crippen LogP contribution in [0.3, 0.4) is 0 Å². The Morgan fingerprint density at radius 3 is 2.89 bits per heavy atom. The van der Waals surface area contributed by atoms with Crippen molar-refractivity contribution < 1.29 is 4.74 Å². The Morgan fingerprint density at radius 1 is 1.26 bits per heavy atom. The summed E-state index contributed by atoms with van der Waals surface area (Å²) in [7, 11) is 1.67. The molecule has 0 fully saturated rings. The molecule has 0 spiro atoms. The monoisotopic (exact) mass is 298 g/mol. The van der Waals surface area contributed by atoms with Crippen molar-refractivity contribution in [1.82, 2.24) is 9.97 Å². The van der Waals surface area contributed by atoms with Crippen molar-refractivity contribution in [2.24, 2.45) is 0 Å². The molecule has 19 heavy (non-hydrogen) atoms. The number of hydrogen-bond donors (Lipinski definition) is 1. The second-order valence-electron chi connectivity index (χ2n) is 4.38. The maximum Gasteiger partial charge on any atom is 0.166 e. The molecule has 0 aliphatic heterocycles. The molecule has 2 rings (SSSR count). The van der Waals surface area contributed by atoms with Crippen molar-refractivity contribution in [3.63, 3.8) is 0 Å². The molecule has 104 valence electrons. The van der Waals surface area contributed by atoms with Gasteiger partial charge in [-0.15, -0.1) is 11.6 Å². The van der Waals surface area contributed by atoms with Crippen molar-refractivity contribution in [3.05, 3.63) is 18.2 Å². The highest BCUT2D eigenvalue weighted by molar-refractivity contribution is 7.99. The van der Waals surface area contributed by atoms with E-state index in [1.807, 2.05) is 18.2 Å². The molecule has 3 nitrogen and oxygen atoms in total. The standard InChI is InChI=1S/C14H19ClN2OS/c1-18-11-6-7-12-13(10-11)17-14(16-12)19-9-5-3-2-4-8-15/h6-7,10H,2-5,8-9H2,1H3,(H,16,17). The zero-order valence-corrected chi connectivity index (χ0v) is 12.7. The minimum Gasteiger partial charge on any atom is -0.497 e. The van der Waals surface area contributed by atoms with Crippen LogP contribution in [-0.2, 0) is 0 Å². The summed E-state index contributed by atoms with van der Waals surface area (Å²) in [6.07, 6.45) is 4.80. The maximum atomic E-state index is 5.65. The Labute approximate surface area is 123 Å². The van der Waals surface area contributed by atoms with Crippen LogP contribution in [0.5, 0.6) is 5.75 Å². The minimum absolute atomic E-state index is 0.776. The number of aromatic nitrogens is 2. The molecule has 0 aliphatic carbocycles. The number of unbranched alkanes of at least 4 members (excludes halogenated alkanes) is 3. The number of rotatable bonds is 8. The number of halogens is 1. The van der Waals surface area contributed by atoms with Crippen LogP contribution in [0.2, 0.25) is 0 Å². The van der Waals surface area contributed by atoms with Crippen LogP contribution in [0, 0.1) is 0 Å². The van der Waals surface area contributed by atoms with Gasteiger partial charge in [0.2, 0.25) is 0 Å². The highest BCUT2D eigenvalue weighted by Crippen LogP contribution is 2.23. The van der Waals surface area contributed by atoms with Crippen LogP contribution in [0.15, 0.2) is 23.4 Å². The van der Waals surface area contributed by atoms with E-state index in [-0.39, 0.29) is 0 Å². The molecule has 0 amide bonds. The first-order valence-corrected chi connectivity index (χ1v) is 8.08. The summed E-state index contributed by atoms with van der Waals surface area (Å²) in [6.45, 7) is 0. The fraction of sp³-hybridized carbons (Fsp3) is 0.500. The van der Waals surface area contributed by atoms with E-state index in [0.29, 0.717) is 0 Å². The quantitative estimate of drug-likeness (QED) is 0.444. The topological polar surface area (TPSA) is 37.9 Å². The van der Waals surface area contributed by atoms with Gasteiger partial charge in [-0.2, -0.15) is 0 Å². The van der Waals surface area contributed by atoms with Crippen molar-refractivity contribution in [1.29, 1.82) is 0 Å². The summed E-state index contributed by atoms with van der Waals surface area (Å²) < 4.78 is 5.20. The fourth-order valence-electron chi connectivity index (χ4n) is 1.88. The average Bonchev–Trinajstić information content (AvgIpc) is 2.84. The predicted octanol–water partition coefficient (Wildman–Crippen LogP) is 4.46. The van der Waals surface area contributed by atoms with Crippen LogP contribution < -0.4 is 4.74 Å². The molecule has 0 aliphatic rings. The molecule has 2 aromatic rings. The van der Waals surface area contributed by atoms with Gasteiger partial charge in [0.15, 0.2) is 5.16 Å². The highest BCUT2D eigenvalue weighted by atomic mass is 35.5. The Balaban J connectivity index is 1.84. The van der Waals surface area contributed by atoms with Gasteiger partial charge in [0, 0.05) is 17.7 Å². The number of fused-ring (bicyclic) bond motifs is 1. The molecule has 1 aromatic carbocycles. The van der Waals surface area contributed by atoms with Crippen LogP contribution >= 0.6 is 23.4 Å². The van der Waals surface area contributed by atoms with Gasteiger partial charge in [0.25, 0.3) is 0 Å². The van der Waals surface area contributed by atoms with Gasteiger partial charge in [0.05, 0.1) is 18.1 Å². The Morgan fingerprint density at radius 2 is 2.11 bits per heavy atom. The smallest absolute Gasteiger partial charge is 0.166 e. The Bertz CT molecular complexity index is 515. The van der Waals surface area contributed by atoms with E-state index in [9.17, 15) is 0 Å². The molecular formula is C14H19ClN2OS. The third kappa shape index (κ3) is 4.32. The summed E-state index contributed by atoms with van der Waals surface area (Å²) in [6, 6.07) is 5.89. The number of H-pyrrole nitrogens is 1. The van der Waals surface area contributed by atoms with Gasteiger partial charge < -0.3 is 9.72 Å². The van der Waals surface area contributed by atoms with E-state index in [4.69, 9.17) is 16.3 Å². The van der Waals surface area contributed by atoms with E-state index in [0.717, 1.165) is 40.0 Å². The summed E-state index contributed by atoms with van der Waals surface area (Å²) in [5.74, 6) is 2.73. The van der Waals surface area contributed by atoms with Crippen LogP contribution in [0.4, 0.5) is 0 Å². The van der Waals surface area contributed by atoms with E-state index in [1.54, 1.807) is 18.9 Å². The largest absolute Gasteiger partial charge is 0.497 e. The van der Waals surface area contributed by atoms with Gasteiger partial charge in [-0.05, 0) is 25.0 Å². The maximum absolute atomic E-state index is 5.65. The number of alkyl halides is 1. The van der Waals surface area contributed by atoms with E-state index >= 15 is 0 Å². The third-order valence-corrected chi connectivity index (χ3v) is 4.16. The zero-order valence-electron chi connectivity index (χ0n) is 11.1. The van der Waals surface area contributed by atoms with Crippen molar-refractivity contribution in [2.75, 3.05) is 18.7 Å². The number of imidazole rings is 1. The second kappa shape index (κ2) is 7.65. The summed E-state index contributed by atoms with van der Waals surface area (Å²) in [5, 5.41) is 0.987. The third-order valence-electron chi connectivity index (χ3n) is 2.93. The molecule has 0 unspecified atom stereocenters. The molecule has 0 saturated carbocycles. The first-order chi connectivity index (χ1) is 9.33. The molecule has 5 heteroatoms. The van der Waals surface area contributed by atoms with Gasteiger partial charge in [-0.3, -0.25) is 0 Å². The number of methoxy groups -OCH3 is 1. The zero-order chi connectivity index (χ0) is 13.5. The number of ether oxygens (including phenoxy) is 1. The van der Waals surface area contributed by atoms with Gasteiger partial charge in [-0.1, -0.05) is 24.6 Å². The van der Waals surface area contributed by atoms with E-state index in [1.165, 1.54) is 19.3 Å². The molecule has 0 bridgehead atoms. The second-order valence-corrected chi connectivity index (χ2v) is 5.84. The SMILES string of the molecule is COc1ccc2nc(SCCCCCCCl)[nH]c2c1. The highest BCUT2D eigenvalue weighted by Gasteiger charge is 2.04. The van der Waals surface area contributed by atoms with Crippen LogP contribution in [-0.4, -0.2) is 28.7 Å². The minimum atomic E-state index is 0.776. The van der Waals surface area contributed by atoms with E-state index in [2.05, 4.69) is 9.97 Å². The average molecular weight is 299 g/mol. The molecular weight excluding hydrogens is 280 g/mol. The normalized spacial score (nSPS) is 11.1. The Hall–Kier alpha value is -0.870. The lowest BCUT2D eigenvalue weighted by Gasteiger charge is -1.98. The van der Waals surface area contributed by atoms with Crippen molar-refractivity contribution in [3.8, 4) is 5.75 Å². The van der Waals surface area contributed by atoms with Crippen LogP contribution in [0.1, 0.15) is 25.7 Å². The number of hydrogen-bond acceptors (Lipinski definition) is 3. The number of nitrogens with zero attached hydrogens (tertiary/aromatic N) is 1. The molecule has 0 atom stereocenters. The summed E-state index contributed by atoms with van der Waals surface area (Å²) >= 11 is 7.43.